The molecule has 1 aromatic carbocycles. The lowest BCUT2D eigenvalue weighted by Gasteiger charge is -2.23. The van der Waals surface area contributed by atoms with E-state index in [-0.39, 0.29) is 0 Å². The van der Waals surface area contributed by atoms with Crippen LogP contribution in [0, 0.1) is 0 Å². The van der Waals surface area contributed by atoms with E-state index in [4.69, 9.17) is 3.17 Å². The molecule has 4 nitrogen and oxygen atoms in total. The van der Waals surface area contributed by atoms with Crippen molar-refractivity contribution in [2.24, 2.45) is 0 Å². The van der Waals surface area contributed by atoms with Crippen LogP contribution in [0.5, 0.6) is 5.75 Å². The average molecular weight is 289 g/mol. The molecule has 1 aromatic rings. The molecule has 0 N–H and O–H groups in total. The average Bonchev–Trinajstić information content (AvgIpc) is 2.26. The molecule has 1 radical (unpaired) electrons. The van der Waals surface area contributed by atoms with Crippen molar-refractivity contribution in [3.05, 3.63) is 28.8 Å². The Morgan fingerprint density at radius 1 is 0.800 bits per heavy atom. The van der Waals surface area contributed by atoms with Gasteiger partial charge >= 0.3 is 22.1 Å². The van der Waals surface area contributed by atoms with E-state index < -0.39 is 0 Å². The molecule has 0 aliphatic carbocycles. The Balaban J connectivity index is 3.23. The second-order valence-electron chi connectivity index (χ2n) is 6.10. The fraction of sp³-hybridized carbons (Fsp3) is 0.600. The van der Waals surface area contributed by atoms with Crippen LogP contribution >= 0.6 is 0 Å². The van der Waals surface area contributed by atoms with E-state index in [1.54, 1.807) is 22.1 Å². The zero-order valence-electron chi connectivity index (χ0n) is 13.7. The number of benzene rings is 1. The van der Waals surface area contributed by atoms with Gasteiger partial charge in [-0.05, 0) is 60.0 Å². The molecule has 0 amide bonds. The second-order valence-corrected chi connectivity index (χ2v) is 6.39. The highest BCUT2D eigenvalue weighted by Crippen LogP contribution is 2.28. The van der Waals surface area contributed by atoms with E-state index in [0.717, 1.165) is 25.4 Å². The summed E-state index contributed by atoms with van der Waals surface area (Å²) in [6, 6.07) is 4.53. The lowest BCUT2D eigenvalue weighted by atomic mass is 10.0. The van der Waals surface area contributed by atoms with Gasteiger partial charge in [-0.1, -0.05) is 0 Å². The maximum Gasteiger partial charge on any atom is 0.561 e. The zero-order valence-corrected chi connectivity index (χ0v) is 15.1. The normalized spacial score (nSPS) is 11.6. The molecule has 0 bridgehead atoms. The van der Waals surface area contributed by atoms with Gasteiger partial charge in [0.15, 0.2) is 0 Å². The van der Waals surface area contributed by atoms with Crippen molar-refractivity contribution >= 4 is 22.1 Å². The third kappa shape index (κ3) is 5.58. The molecular weight excluding hydrogens is 262 g/mol. The highest BCUT2D eigenvalue weighted by Gasteiger charge is 2.12. The molecule has 0 aliphatic heterocycles. The van der Waals surface area contributed by atoms with Crippen LogP contribution in [-0.4, -0.2) is 79.1 Å². The highest BCUT2D eigenvalue weighted by molar-refractivity contribution is 6.00. The van der Waals surface area contributed by atoms with Crippen molar-refractivity contribution in [1.82, 2.24) is 14.7 Å². The van der Waals surface area contributed by atoms with Crippen LogP contribution in [0.4, 0.5) is 0 Å². The summed E-state index contributed by atoms with van der Waals surface area (Å²) >= 11 is 1.56. The highest BCUT2D eigenvalue weighted by atomic mass is 24.4. The summed E-state index contributed by atoms with van der Waals surface area (Å²) in [6.07, 6.45) is 0. The van der Waals surface area contributed by atoms with Crippen molar-refractivity contribution in [2.45, 2.75) is 19.6 Å². The Hall–Kier alpha value is -0.334. The minimum atomic E-state index is 0.898. The number of hydrogen-bond acceptors (Lipinski definition) is 4. The third-order valence-electron chi connectivity index (χ3n) is 2.92. The van der Waals surface area contributed by atoms with Crippen LogP contribution in [0.25, 0.3) is 0 Å². The molecule has 0 saturated carbocycles. The third-order valence-corrected chi connectivity index (χ3v) is 3.21. The smallest absolute Gasteiger partial charge is 0.561 e. The molecule has 0 spiro atoms. The molecule has 109 valence electrons. The van der Waals surface area contributed by atoms with E-state index in [2.05, 4.69) is 69.1 Å². The molecule has 0 saturated heterocycles. The minimum absolute atomic E-state index is 0.898. The van der Waals surface area contributed by atoms with Crippen LogP contribution in [0.3, 0.4) is 0 Å². The van der Waals surface area contributed by atoms with Crippen LogP contribution in [0.1, 0.15) is 16.7 Å². The lowest BCUT2D eigenvalue weighted by Crippen LogP contribution is -2.17. The van der Waals surface area contributed by atoms with Gasteiger partial charge in [0.25, 0.3) is 0 Å². The maximum atomic E-state index is 5.70. The quantitative estimate of drug-likeness (QED) is 0.705. The number of rotatable bonds is 7. The summed E-state index contributed by atoms with van der Waals surface area (Å²) in [4.78, 5) is 6.56. The fourth-order valence-corrected chi connectivity index (χ4v) is 2.76. The van der Waals surface area contributed by atoms with E-state index >= 15 is 0 Å². The van der Waals surface area contributed by atoms with Gasteiger partial charge in [-0.2, -0.15) is 0 Å². The summed E-state index contributed by atoms with van der Waals surface area (Å²) in [7, 11) is 12.6. The second kappa shape index (κ2) is 8.19. The van der Waals surface area contributed by atoms with Gasteiger partial charge in [-0.3, -0.25) is 0 Å². The lowest BCUT2D eigenvalue weighted by molar-refractivity contribution is 0.379. The molecule has 0 atom stereocenters. The topological polar surface area (TPSA) is 19.0 Å². The van der Waals surface area contributed by atoms with Crippen molar-refractivity contribution in [1.29, 1.82) is 0 Å². The fourth-order valence-electron chi connectivity index (χ4n) is 2.38. The number of hydrogen-bond donors (Lipinski definition) is 0. The van der Waals surface area contributed by atoms with Crippen molar-refractivity contribution in [3.8, 4) is 5.75 Å². The molecule has 1 rings (SSSR count). The summed E-state index contributed by atoms with van der Waals surface area (Å²) in [5.41, 5.74) is 3.87. The van der Waals surface area contributed by atoms with Gasteiger partial charge in [0.2, 0.25) is 0 Å². The molecular formula is C15H26MgN3O. The summed E-state index contributed by atoms with van der Waals surface area (Å²) in [5.74, 6) is 1.04. The monoisotopic (exact) mass is 288 g/mol. The minimum Gasteiger partial charge on any atom is -0.717 e. The van der Waals surface area contributed by atoms with Gasteiger partial charge in [0.05, 0.1) is 5.75 Å². The Labute approximate surface area is 136 Å². The zero-order chi connectivity index (χ0) is 15.3. The Kier molecular flexibility index (Phi) is 7.26. The number of nitrogens with zero attached hydrogens (tertiary/aromatic N) is 3. The van der Waals surface area contributed by atoms with E-state index in [1.807, 2.05) is 0 Å². The van der Waals surface area contributed by atoms with Crippen LogP contribution < -0.4 is 3.17 Å². The van der Waals surface area contributed by atoms with Gasteiger partial charge < -0.3 is 17.9 Å². The predicted octanol–water partition coefficient (Wildman–Crippen LogP) is 1.33. The van der Waals surface area contributed by atoms with Crippen molar-refractivity contribution in [2.75, 3.05) is 42.3 Å². The summed E-state index contributed by atoms with van der Waals surface area (Å²) in [6.45, 7) is 2.75. The Morgan fingerprint density at radius 2 is 1.20 bits per heavy atom. The largest absolute Gasteiger partial charge is 0.717 e. The maximum absolute atomic E-state index is 5.70. The van der Waals surface area contributed by atoms with Gasteiger partial charge in [0.1, 0.15) is 0 Å². The van der Waals surface area contributed by atoms with Gasteiger partial charge in [-0.25, -0.2) is 0 Å². The molecule has 0 unspecified atom stereocenters. The SMILES string of the molecule is CN(C)Cc1cc(CN(C)C)c([O][Mg])c(CN(C)C)c1. The van der Waals surface area contributed by atoms with Crippen LogP contribution in [0.2, 0.25) is 0 Å². The van der Waals surface area contributed by atoms with Crippen LogP contribution in [0.15, 0.2) is 12.1 Å². The van der Waals surface area contributed by atoms with Gasteiger partial charge in [-0.15, -0.1) is 0 Å². The van der Waals surface area contributed by atoms with Crippen LogP contribution in [-0.2, 0) is 19.6 Å². The molecule has 20 heavy (non-hydrogen) atoms. The predicted molar refractivity (Wildman–Crippen MR) is 85.0 cm³/mol. The van der Waals surface area contributed by atoms with Crippen molar-refractivity contribution in [3.63, 3.8) is 0 Å². The molecule has 0 fully saturated rings. The first-order valence-electron chi connectivity index (χ1n) is 6.84. The van der Waals surface area contributed by atoms with E-state index in [1.165, 1.54) is 16.7 Å². The van der Waals surface area contributed by atoms with Crippen molar-refractivity contribution < 1.29 is 3.17 Å². The first-order chi connectivity index (χ1) is 9.33. The van der Waals surface area contributed by atoms with E-state index in [9.17, 15) is 0 Å². The summed E-state index contributed by atoms with van der Waals surface area (Å²) < 4.78 is 5.70. The Bertz CT molecular complexity index is 402. The standard InChI is InChI=1S/C15H27N3O.Mg/c1-16(2)9-12-7-13(10-17(3)4)15(19)14(8-12)11-18(5)6;/h7-8,19H,9-11H2,1-6H3;/q;+1/p-1. The molecule has 0 aromatic heterocycles. The van der Waals surface area contributed by atoms with Gasteiger partial charge in [0, 0.05) is 30.8 Å². The molecule has 0 heterocycles. The first-order valence-corrected chi connectivity index (χ1v) is 7.42. The molecule has 0 aliphatic rings. The summed E-state index contributed by atoms with van der Waals surface area (Å²) in [5, 5.41) is 0. The Morgan fingerprint density at radius 3 is 1.50 bits per heavy atom. The van der Waals surface area contributed by atoms with E-state index in [0.29, 0.717) is 0 Å². The first kappa shape index (κ1) is 17.7. The molecule has 5 heteroatoms.